The van der Waals surface area contributed by atoms with Crippen molar-refractivity contribution in [2.75, 3.05) is 49.7 Å². The van der Waals surface area contributed by atoms with E-state index in [9.17, 15) is 9.59 Å². The molecule has 146 valence electrons. The molecule has 0 radical (unpaired) electrons. The van der Waals surface area contributed by atoms with Gasteiger partial charge in [0, 0.05) is 17.8 Å². The zero-order valence-electron chi connectivity index (χ0n) is 15.4. The fraction of sp³-hybridized carbons (Fsp3) is 0.316. The van der Waals surface area contributed by atoms with E-state index in [1.807, 2.05) is 24.4 Å². The smallest absolute Gasteiger partial charge is 0.326 e. The number of aromatic amines is 1. The molecule has 2 aromatic rings. The summed E-state index contributed by atoms with van der Waals surface area (Å²) in [4.78, 5) is 30.9. The van der Waals surface area contributed by atoms with E-state index in [0.29, 0.717) is 17.2 Å². The van der Waals surface area contributed by atoms with Gasteiger partial charge in [-0.1, -0.05) is 6.07 Å². The molecule has 1 aromatic carbocycles. The van der Waals surface area contributed by atoms with Crippen molar-refractivity contribution in [3.05, 3.63) is 42.6 Å². The number of anilines is 2. The van der Waals surface area contributed by atoms with Gasteiger partial charge in [-0.2, -0.15) is 0 Å². The molecule has 1 saturated heterocycles. The molecule has 3 heterocycles. The molecule has 3 amide bonds. The van der Waals surface area contributed by atoms with E-state index in [0.717, 1.165) is 36.9 Å². The fourth-order valence-electron chi connectivity index (χ4n) is 3.36. The number of carbonyl (C=O) groups is 2. The Bertz CT molecular complexity index is 853. The van der Waals surface area contributed by atoms with Crippen LogP contribution in [0.15, 0.2) is 42.6 Å². The van der Waals surface area contributed by atoms with E-state index in [-0.39, 0.29) is 19.2 Å². The number of aromatic nitrogens is 1. The van der Waals surface area contributed by atoms with Gasteiger partial charge in [-0.3, -0.25) is 15.0 Å². The van der Waals surface area contributed by atoms with E-state index >= 15 is 0 Å². The van der Waals surface area contributed by atoms with Gasteiger partial charge in [0.2, 0.25) is 6.79 Å². The molecule has 2 aliphatic rings. The topological polar surface area (TPSA) is 98.5 Å². The zero-order valence-corrected chi connectivity index (χ0v) is 15.4. The highest BCUT2D eigenvalue weighted by Gasteiger charge is 2.27. The summed E-state index contributed by atoms with van der Waals surface area (Å²) < 4.78 is 10.5. The number of benzene rings is 1. The highest BCUT2D eigenvalue weighted by molar-refractivity contribution is 6.01. The van der Waals surface area contributed by atoms with Crippen LogP contribution in [0.3, 0.4) is 0 Å². The Labute approximate surface area is 162 Å². The Morgan fingerprint density at radius 1 is 1.11 bits per heavy atom. The third kappa shape index (κ3) is 4.32. The summed E-state index contributed by atoms with van der Waals surface area (Å²) in [5.41, 5.74) is 0.537. The SMILES string of the molecule is O=C(C[NH+]1CCN(c2cccc[nH+]2)CC1)NC(=O)Nc1ccc2c(c1)OCO2. The normalized spacial score (nSPS) is 15.9. The Morgan fingerprint density at radius 3 is 2.71 bits per heavy atom. The van der Waals surface area contributed by atoms with Crippen molar-refractivity contribution in [3.8, 4) is 11.5 Å². The maximum Gasteiger partial charge on any atom is 0.326 e. The monoisotopic (exact) mass is 385 g/mol. The van der Waals surface area contributed by atoms with Crippen molar-refractivity contribution in [1.82, 2.24) is 5.32 Å². The molecule has 0 bridgehead atoms. The van der Waals surface area contributed by atoms with Crippen LogP contribution < -0.4 is 34.9 Å². The molecule has 2 aliphatic heterocycles. The summed E-state index contributed by atoms with van der Waals surface area (Å²) in [7, 11) is 0. The summed E-state index contributed by atoms with van der Waals surface area (Å²) in [6, 6.07) is 10.5. The summed E-state index contributed by atoms with van der Waals surface area (Å²) >= 11 is 0. The lowest BCUT2D eigenvalue weighted by Gasteiger charge is -2.27. The molecule has 1 fully saturated rings. The van der Waals surface area contributed by atoms with E-state index in [4.69, 9.17) is 9.47 Å². The van der Waals surface area contributed by atoms with Gasteiger partial charge >= 0.3 is 6.03 Å². The third-order valence-electron chi connectivity index (χ3n) is 4.80. The maximum absolute atomic E-state index is 12.2. The Morgan fingerprint density at radius 2 is 1.93 bits per heavy atom. The van der Waals surface area contributed by atoms with E-state index in [2.05, 4.69) is 20.5 Å². The molecule has 4 rings (SSSR count). The lowest BCUT2D eigenvalue weighted by molar-refractivity contribution is -0.892. The first-order valence-electron chi connectivity index (χ1n) is 9.23. The first kappa shape index (κ1) is 18.1. The number of hydrogen-bond acceptors (Lipinski definition) is 5. The minimum Gasteiger partial charge on any atom is -0.454 e. The molecule has 1 aromatic heterocycles. The number of hydrogen-bond donors (Lipinski definition) is 3. The van der Waals surface area contributed by atoms with Crippen LogP contribution in [0.1, 0.15) is 0 Å². The lowest BCUT2D eigenvalue weighted by Crippen LogP contribution is -3.16. The molecule has 0 spiro atoms. The van der Waals surface area contributed by atoms with E-state index < -0.39 is 6.03 Å². The van der Waals surface area contributed by atoms with Crippen molar-refractivity contribution >= 4 is 23.4 Å². The van der Waals surface area contributed by atoms with Gasteiger partial charge in [0.15, 0.2) is 18.0 Å². The number of carbonyl (C=O) groups excluding carboxylic acids is 2. The quantitative estimate of drug-likeness (QED) is 0.646. The lowest BCUT2D eigenvalue weighted by atomic mass is 10.3. The molecule has 9 heteroatoms. The number of pyridine rings is 1. The summed E-state index contributed by atoms with van der Waals surface area (Å²) in [6.07, 6.45) is 1.90. The molecule has 0 unspecified atom stereocenters. The molecular weight excluding hydrogens is 362 g/mol. The number of urea groups is 1. The number of H-pyrrole nitrogens is 1. The average molecular weight is 385 g/mol. The van der Waals surface area contributed by atoms with Crippen molar-refractivity contribution in [2.45, 2.75) is 0 Å². The summed E-state index contributed by atoms with van der Waals surface area (Å²) in [5.74, 6) is 1.99. The number of piperazine rings is 1. The van der Waals surface area contributed by atoms with Crippen molar-refractivity contribution < 1.29 is 28.9 Å². The third-order valence-corrected chi connectivity index (χ3v) is 4.80. The molecular formula is C19H23N5O4+2. The molecule has 0 saturated carbocycles. The largest absolute Gasteiger partial charge is 0.454 e. The van der Waals surface area contributed by atoms with Crippen LogP contribution in [0.5, 0.6) is 11.5 Å². The number of ether oxygens (including phenoxy) is 2. The number of amides is 3. The van der Waals surface area contributed by atoms with Gasteiger partial charge in [-0.15, -0.1) is 0 Å². The van der Waals surface area contributed by atoms with Crippen LogP contribution in [0.4, 0.5) is 16.3 Å². The van der Waals surface area contributed by atoms with Crippen LogP contribution in [0, 0.1) is 0 Å². The molecule has 9 nitrogen and oxygen atoms in total. The van der Waals surface area contributed by atoms with E-state index in [1.165, 1.54) is 0 Å². The van der Waals surface area contributed by atoms with Crippen LogP contribution in [-0.2, 0) is 4.79 Å². The first-order valence-corrected chi connectivity index (χ1v) is 9.23. The first-order chi connectivity index (χ1) is 13.7. The number of rotatable bonds is 4. The molecule has 4 N–H and O–H groups in total. The predicted molar refractivity (Wildman–Crippen MR) is 101 cm³/mol. The van der Waals surface area contributed by atoms with Crippen LogP contribution in [0.2, 0.25) is 0 Å². The van der Waals surface area contributed by atoms with Crippen LogP contribution in [0.25, 0.3) is 0 Å². The summed E-state index contributed by atoms with van der Waals surface area (Å²) in [6.45, 7) is 3.81. The zero-order chi connectivity index (χ0) is 19.3. The van der Waals surface area contributed by atoms with Crippen molar-refractivity contribution in [2.24, 2.45) is 0 Å². The number of imide groups is 1. The fourth-order valence-corrected chi connectivity index (χ4v) is 3.36. The van der Waals surface area contributed by atoms with Gasteiger partial charge in [0.05, 0.1) is 6.20 Å². The Balaban J connectivity index is 1.22. The van der Waals surface area contributed by atoms with Crippen molar-refractivity contribution in [3.63, 3.8) is 0 Å². The second-order valence-corrected chi connectivity index (χ2v) is 6.73. The predicted octanol–water partition coefficient (Wildman–Crippen LogP) is -0.717. The number of nitrogens with one attached hydrogen (secondary N) is 4. The number of quaternary nitrogens is 1. The van der Waals surface area contributed by atoms with Gasteiger partial charge in [0.25, 0.3) is 11.7 Å². The second-order valence-electron chi connectivity index (χ2n) is 6.73. The van der Waals surface area contributed by atoms with Gasteiger partial charge < -0.3 is 19.7 Å². The van der Waals surface area contributed by atoms with Crippen molar-refractivity contribution in [1.29, 1.82) is 0 Å². The standard InChI is InChI=1S/C19H21N5O4/c25-18(12-23-7-9-24(10-8-23)17-3-1-2-6-20-17)22-19(26)21-14-4-5-15-16(11-14)28-13-27-15/h1-6,11H,7-10,12-13H2,(H2,21,22,25,26)/p+2. The minimum atomic E-state index is -0.555. The van der Waals surface area contributed by atoms with E-state index in [1.54, 1.807) is 18.2 Å². The summed E-state index contributed by atoms with van der Waals surface area (Å²) in [5, 5.41) is 5.02. The van der Waals surface area contributed by atoms with Gasteiger partial charge in [0.1, 0.15) is 26.2 Å². The van der Waals surface area contributed by atoms with Crippen LogP contribution >= 0.6 is 0 Å². The Hall–Kier alpha value is -3.33. The van der Waals surface area contributed by atoms with Gasteiger partial charge in [-0.05, 0) is 18.2 Å². The average Bonchev–Trinajstić information content (AvgIpc) is 3.17. The number of fused-ring (bicyclic) bond motifs is 1. The second kappa shape index (κ2) is 8.13. The maximum atomic E-state index is 12.2. The Kier molecular flexibility index (Phi) is 5.24. The molecule has 0 atom stereocenters. The highest BCUT2D eigenvalue weighted by atomic mass is 16.7. The molecule has 28 heavy (non-hydrogen) atoms. The van der Waals surface area contributed by atoms with Crippen LogP contribution in [-0.4, -0.2) is 51.5 Å². The molecule has 0 aliphatic carbocycles. The minimum absolute atomic E-state index is 0.168. The number of nitrogens with zero attached hydrogens (tertiary/aromatic N) is 1. The highest BCUT2D eigenvalue weighted by Crippen LogP contribution is 2.34. The van der Waals surface area contributed by atoms with Gasteiger partial charge in [-0.25, -0.2) is 9.78 Å².